The SMILES string of the molecule is CC(O)c1ccccc1N(Cc1cccs1)C1CC1. The molecule has 0 saturated heterocycles. The maximum absolute atomic E-state index is 9.96. The van der Waals surface area contributed by atoms with Gasteiger partial charge in [-0.2, -0.15) is 0 Å². The number of thiophene rings is 1. The third-order valence-corrected chi connectivity index (χ3v) is 4.45. The summed E-state index contributed by atoms with van der Waals surface area (Å²) in [5.74, 6) is 0. The first-order chi connectivity index (χ1) is 9.25. The average Bonchev–Trinajstić information content (AvgIpc) is 3.13. The highest BCUT2D eigenvalue weighted by molar-refractivity contribution is 7.09. The second-order valence-corrected chi connectivity index (χ2v) is 6.21. The molecule has 1 aliphatic carbocycles. The molecule has 19 heavy (non-hydrogen) atoms. The van der Waals surface area contributed by atoms with Gasteiger partial charge in [0.05, 0.1) is 12.6 Å². The predicted octanol–water partition coefficient (Wildman–Crippen LogP) is 3.97. The van der Waals surface area contributed by atoms with Crippen LogP contribution >= 0.6 is 11.3 Å². The molecule has 1 aromatic heterocycles. The maximum Gasteiger partial charge on any atom is 0.0781 e. The Morgan fingerprint density at radius 2 is 2.05 bits per heavy atom. The van der Waals surface area contributed by atoms with Gasteiger partial charge < -0.3 is 10.0 Å². The first-order valence-electron chi connectivity index (χ1n) is 6.81. The van der Waals surface area contributed by atoms with Crippen molar-refractivity contribution in [3.05, 3.63) is 52.2 Å². The molecule has 2 aromatic rings. The van der Waals surface area contributed by atoms with Crippen LogP contribution in [0.1, 0.15) is 36.3 Å². The van der Waals surface area contributed by atoms with E-state index in [0.717, 1.165) is 12.1 Å². The van der Waals surface area contributed by atoms with Crippen molar-refractivity contribution < 1.29 is 5.11 Å². The number of rotatable bonds is 5. The third kappa shape index (κ3) is 2.82. The summed E-state index contributed by atoms with van der Waals surface area (Å²) in [7, 11) is 0. The molecule has 0 spiro atoms. The van der Waals surface area contributed by atoms with Crippen molar-refractivity contribution in [1.82, 2.24) is 0 Å². The molecular formula is C16H19NOS. The van der Waals surface area contributed by atoms with Crippen molar-refractivity contribution >= 4 is 17.0 Å². The lowest BCUT2D eigenvalue weighted by Gasteiger charge is -2.27. The minimum absolute atomic E-state index is 0.416. The first kappa shape index (κ1) is 12.7. The molecular weight excluding hydrogens is 254 g/mol. The lowest BCUT2D eigenvalue weighted by Crippen LogP contribution is -2.26. The Balaban J connectivity index is 1.92. The van der Waals surface area contributed by atoms with E-state index in [9.17, 15) is 5.11 Å². The molecule has 1 atom stereocenters. The summed E-state index contributed by atoms with van der Waals surface area (Å²) in [5.41, 5.74) is 2.22. The van der Waals surface area contributed by atoms with Gasteiger partial charge in [0, 0.05) is 22.2 Å². The van der Waals surface area contributed by atoms with Crippen LogP contribution in [0, 0.1) is 0 Å². The molecule has 1 heterocycles. The Hall–Kier alpha value is -1.32. The Kier molecular flexibility index (Phi) is 3.58. The number of hydrogen-bond acceptors (Lipinski definition) is 3. The predicted molar refractivity (Wildman–Crippen MR) is 80.6 cm³/mol. The van der Waals surface area contributed by atoms with Crippen LogP contribution in [0.4, 0.5) is 5.69 Å². The van der Waals surface area contributed by atoms with Crippen LogP contribution < -0.4 is 4.90 Å². The summed E-state index contributed by atoms with van der Waals surface area (Å²) in [6.45, 7) is 2.79. The normalized spacial score (nSPS) is 16.3. The fraction of sp³-hybridized carbons (Fsp3) is 0.375. The smallest absolute Gasteiger partial charge is 0.0781 e. The van der Waals surface area contributed by atoms with Crippen LogP contribution in [0.5, 0.6) is 0 Å². The number of aliphatic hydroxyl groups is 1. The highest BCUT2D eigenvalue weighted by Crippen LogP contribution is 2.37. The molecule has 1 aromatic carbocycles. The number of nitrogens with zero attached hydrogens (tertiary/aromatic N) is 1. The van der Waals surface area contributed by atoms with E-state index < -0.39 is 6.10 Å². The third-order valence-electron chi connectivity index (χ3n) is 3.59. The van der Waals surface area contributed by atoms with E-state index >= 15 is 0 Å². The zero-order chi connectivity index (χ0) is 13.2. The molecule has 0 radical (unpaired) electrons. The van der Waals surface area contributed by atoms with Crippen molar-refractivity contribution in [3.63, 3.8) is 0 Å². The summed E-state index contributed by atoms with van der Waals surface area (Å²) < 4.78 is 0. The Labute approximate surface area is 118 Å². The van der Waals surface area contributed by atoms with Crippen LogP contribution in [0.3, 0.4) is 0 Å². The lowest BCUT2D eigenvalue weighted by atomic mass is 10.1. The molecule has 0 amide bonds. The second kappa shape index (κ2) is 5.35. The molecule has 1 N–H and O–H groups in total. The molecule has 1 saturated carbocycles. The lowest BCUT2D eigenvalue weighted by molar-refractivity contribution is 0.199. The Morgan fingerprint density at radius 3 is 2.68 bits per heavy atom. The Bertz CT molecular complexity index is 531. The van der Waals surface area contributed by atoms with Crippen molar-refractivity contribution in [2.45, 2.75) is 38.5 Å². The summed E-state index contributed by atoms with van der Waals surface area (Å²) in [5, 5.41) is 12.1. The van der Waals surface area contributed by atoms with Gasteiger partial charge in [-0.15, -0.1) is 11.3 Å². The number of anilines is 1. The highest BCUT2D eigenvalue weighted by atomic mass is 32.1. The molecule has 1 unspecified atom stereocenters. The van der Waals surface area contributed by atoms with Gasteiger partial charge in [0.1, 0.15) is 0 Å². The largest absolute Gasteiger partial charge is 0.389 e. The van der Waals surface area contributed by atoms with Gasteiger partial charge in [0.2, 0.25) is 0 Å². The average molecular weight is 273 g/mol. The number of aliphatic hydroxyl groups excluding tert-OH is 1. The van der Waals surface area contributed by atoms with Gasteiger partial charge in [-0.05, 0) is 37.3 Å². The topological polar surface area (TPSA) is 23.5 Å². The second-order valence-electron chi connectivity index (χ2n) is 5.17. The van der Waals surface area contributed by atoms with Gasteiger partial charge in [-0.1, -0.05) is 24.3 Å². The van der Waals surface area contributed by atoms with Crippen LogP contribution in [0.25, 0.3) is 0 Å². The Morgan fingerprint density at radius 1 is 1.26 bits per heavy atom. The summed E-state index contributed by atoms with van der Waals surface area (Å²) in [6.07, 6.45) is 2.11. The van der Waals surface area contributed by atoms with Gasteiger partial charge in [0.15, 0.2) is 0 Å². The number of benzene rings is 1. The van der Waals surface area contributed by atoms with E-state index in [0.29, 0.717) is 6.04 Å². The summed E-state index contributed by atoms with van der Waals surface area (Å²) >= 11 is 1.80. The van der Waals surface area contributed by atoms with Gasteiger partial charge >= 0.3 is 0 Å². The zero-order valence-corrected chi connectivity index (χ0v) is 11.9. The van der Waals surface area contributed by atoms with Crippen LogP contribution in [0.2, 0.25) is 0 Å². The fourth-order valence-electron chi connectivity index (χ4n) is 2.47. The fourth-order valence-corrected chi connectivity index (χ4v) is 3.17. The quantitative estimate of drug-likeness (QED) is 0.891. The molecule has 1 fully saturated rings. The van der Waals surface area contributed by atoms with Crippen LogP contribution in [-0.4, -0.2) is 11.1 Å². The number of para-hydroxylation sites is 1. The maximum atomic E-state index is 9.96. The van der Waals surface area contributed by atoms with Crippen molar-refractivity contribution in [1.29, 1.82) is 0 Å². The van der Waals surface area contributed by atoms with E-state index in [-0.39, 0.29) is 0 Å². The summed E-state index contributed by atoms with van der Waals surface area (Å²) in [4.78, 5) is 3.83. The van der Waals surface area contributed by atoms with Crippen molar-refractivity contribution in [2.24, 2.45) is 0 Å². The highest BCUT2D eigenvalue weighted by Gasteiger charge is 2.31. The molecule has 100 valence electrons. The first-order valence-corrected chi connectivity index (χ1v) is 7.69. The van der Waals surface area contributed by atoms with Crippen LogP contribution in [0.15, 0.2) is 41.8 Å². The minimum atomic E-state index is -0.416. The van der Waals surface area contributed by atoms with Crippen LogP contribution in [-0.2, 0) is 6.54 Å². The van der Waals surface area contributed by atoms with E-state index in [2.05, 4.69) is 34.5 Å². The van der Waals surface area contributed by atoms with Gasteiger partial charge in [0.25, 0.3) is 0 Å². The van der Waals surface area contributed by atoms with Crippen molar-refractivity contribution in [2.75, 3.05) is 4.90 Å². The van der Waals surface area contributed by atoms with E-state index in [1.165, 1.54) is 23.4 Å². The van der Waals surface area contributed by atoms with Gasteiger partial charge in [-0.25, -0.2) is 0 Å². The molecule has 3 rings (SSSR count). The van der Waals surface area contributed by atoms with Crippen molar-refractivity contribution in [3.8, 4) is 0 Å². The summed E-state index contributed by atoms with van der Waals surface area (Å²) in [6, 6.07) is 13.2. The molecule has 2 nitrogen and oxygen atoms in total. The molecule has 0 bridgehead atoms. The standard InChI is InChI=1S/C16H19NOS/c1-12(18)15-6-2-3-7-16(15)17(13-8-9-13)11-14-5-4-10-19-14/h2-7,10,12-13,18H,8-9,11H2,1H3. The minimum Gasteiger partial charge on any atom is -0.389 e. The van der Waals surface area contributed by atoms with E-state index in [1.807, 2.05) is 19.1 Å². The number of hydrogen-bond donors (Lipinski definition) is 1. The van der Waals surface area contributed by atoms with E-state index in [4.69, 9.17) is 0 Å². The van der Waals surface area contributed by atoms with E-state index in [1.54, 1.807) is 11.3 Å². The molecule has 0 aliphatic heterocycles. The van der Waals surface area contributed by atoms with Gasteiger partial charge in [-0.3, -0.25) is 0 Å². The zero-order valence-electron chi connectivity index (χ0n) is 11.1. The molecule has 3 heteroatoms. The molecule has 1 aliphatic rings. The monoisotopic (exact) mass is 273 g/mol.